The molecule has 0 spiro atoms. The van der Waals surface area contributed by atoms with Gasteiger partial charge in [0.2, 0.25) is 5.88 Å². The standard InChI is InChI=1S/C10H8N2OS2/c13-9-8(15-10(14)12-9)6-11-7-4-2-1-3-5-7/h1-6,13H,(H,12,14). The summed E-state index contributed by atoms with van der Waals surface area (Å²) in [6.45, 7) is 0. The highest BCUT2D eigenvalue weighted by Crippen LogP contribution is 2.20. The van der Waals surface area contributed by atoms with Crippen LogP contribution in [0.25, 0.3) is 0 Å². The molecule has 0 saturated heterocycles. The molecular weight excluding hydrogens is 228 g/mol. The van der Waals surface area contributed by atoms with E-state index >= 15 is 0 Å². The number of aromatic nitrogens is 1. The van der Waals surface area contributed by atoms with Crippen molar-refractivity contribution in [3.05, 3.63) is 39.2 Å². The molecule has 0 saturated carbocycles. The van der Waals surface area contributed by atoms with Gasteiger partial charge in [-0.25, -0.2) is 0 Å². The number of H-pyrrole nitrogens is 1. The van der Waals surface area contributed by atoms with Crippen LogP contribution in [-0.2, 0) is 0 Å². The molecule has 1 aromatic carbocycles. The van der Waals surface area contributed by atoms with Crippen molar-refractivity contribution >= 4 is 35.5 Å². The Morgan fingerprint density at radius 3 is 2.67 bits per heavy atom. The molecule has 2 rings (SSSR count). The highest BCUT2D eigenvalue weighted by Gasteiger charge is 2.00. The van der Waals surface area contributed by atoms with Crippen LogP contribution < -0.4 is 0 Å². The van der Waals surface area contributed by atoms with Crippen LogP contribution in [0.5, 0.6) is 5.88 Å². The van der Waals surface area contributed by atoms with Crippen LogP contribution >= 0.6 is 23.6 Å². The number of nitrogens with one attached hydrogen (secondary N) is 1. The Hall–Kier alpha value is -1.46. The second-order valence-electron chi connectivity index (χ2n) is 2.82. The summed E-state index contributed by atoms with van der Waals surface area (Å²) >= 11 is 6.19. The summed E-state index contributed by atoms with van der Waals surface area (Å²) in [5.41, 5.74) is 0.844. The molecule has 0 unspecified atom stereocenters. The first-order valence-electron chi connectivity index (χ1n) is 4.27. The molecule has 76 valence electrons. The van der Waals surface area contributed by atoms with E-state index in [-0.39, 0.29) is 5.88 Å². The van der Waals surface area contributed by atoms with Crippen molar-refractivity contribution in [2.24, 2.45) is 4.99 Å². The van der Waals surface area contributed by atoms with Crippen LogP contribution in [0.1, 0.15) is 4.88 Å². The maximum Gasteiger partial charge on any atom is 0.209 e. The summed E-state index contributed by atoms with van der Waals surface area (Å²) in [7, 11) is 0. The molecule has 3 nitrogen and oxygen atoms in total. The van der Waals surface area contributed by atoms with Crippen molar-refractivity contribution in [2.75, 3.05) is 0 Å². The van der Waals surface area contributed by atoms with Crippen molar-refractivity contribution in [3.8, 4) is 5.88 Å². The number of para-hydroxylation sites is 1. The highest BCUT2D eigenvalue weighted by atomic mass is 32.1. The third-order valence-corrected chi connectivity index (χ3v) is 2.90. The van der Waals surface area contributed by atoms with Gasteiger partial charge in [-0.15, -0.1) is 0 Å². The molecule has 0 aliphatic carbocycles. The fourth-order valence-electron chi connectivity index (χ4n) is 1.07. The van der Waals surface area contributed by atoms with E-state index in [1.807, 2.05) is 30.3 Å². The van der Waals surface area contributed by atoms with E-state index in [1.165, 1.54) is 11.3 Å². The fourth-order valence-corrected chi connectivity index (χ4v) is 2.03. The first kappa shape index (κ1) is 10.1. The van der Waals surface area contributed by atoms with E-state index in [2.05, 4.69) is 9.98 Å². The van der Waals surface area contributed by atoms with Crippen LogP contribution in [0, 0.1) is 3.95 Å². The van der Waals surface area contributed by atoms with Crippen molar-refractivity contribution in [3.63, 3.8) is 0 Å². The average molecular weight is 236 g/mol. The lowest BCUT2D eigenvalue weighted by molar-refractivity contribution is 0.456. The molecule has 15 heavy (non-hydrogen) atoms. The molecule has 0 aliphatic rings. The van der Waals surface area contributed by atoms with Gasteiger partial charge >= 0.3 is 0 Å². The number of aromatic hydroxyl groups is 1. The van der Waals surface area contributed by atoms with Gasteiger partial charge in [0.15, 0.2) is 3.95 Å². The number of nitrogens with zero attached hydrogens (tertiary/aromatic N) is 1. The van der Waals surface area contributed by atoms with Crippen LogP contribution in [0.4, 0.5) is 5.69 Å². The van der Waals surface area contributed by atoms with E-state index in [1.54, 1.807) is 6.21 Å². The zero-order valence-corrected chi connectivity index (χ0v) is 9.31. The van der Waals surface area contributed by atoms with Gasteiger partial charge in [0.25, 0.3) is 0 Å². The molecule has 1 heterocycles. The molecule has 2 N–H and O–H groups in total. The first-order chi connectivity index (χ1) is 7.25. The number of hydrogen-bond acceptors (Lipinski definition) is 4. The first-order valence-corrected chi connectivity index (χ1v) is 5.49. The molecule has 0 radical (unpaired) electrons. The van der Waals surface area contributed by atoms with Gasteiger partial charge in [-0.05, 0) is 24.4 Å². The Kier molecular flexibility index (Phi) is 2.94. The Bertz CT molecular complexity index is 528. The molecule has 0 bridgehead atoms. The van der Waals surface area contributed by atoms with Gasteiger partial charge < -0.3 is 10.1 Å². The maximum absolute atomic E-state index is 9.41. The van der Waals surface area contributed by atoms with E-state index in [9.17, 15) is 5.11 Å². The largest absolute Gasteiger partial charge is 0.494 e. The van der Waals surface area contributed by atoms with Crippen LogP contribution in [0.2, 0.25) is 0 Å². The lowest BCUT2D eigenvalue weighted by atomic mass is 10.3. The number of hydrogen-bond donors (Lipinski definition) is 2. The summed E-state index contributed by atoms with van der Waals surface area (Å²) in [4.78, 5) is 7.49. The molecular formula is C10H8N2OS2. The molecule has 0 fully saturated rings. The third-order valence-electron chi connectivity index (χ3n) is 1.74. The Morgan fingerprint density at radius 1 is 1.33 bits per heavy atom. The summed E-state index contributed by atoms with van der Waals surface area (Å²) in [5, 5.41) is 9.41. The van der Waals surface area contributed by atoms with Crippen LogP contribution in [-0.4, -0.2) is 16.3 Å². The zero-order chi connectivity index (χ0) is 10.7. The van der Waals surface area contributed by atoms with E-state index in [0.29, 0.717) is 8.83 Å². The lowest BCUT2D eigenvalue weighted by Gasteiger charge is -1.90. The number of benzene rings is 1. The van der Waals surface area contributed by atoms with Crippen LogP contribution in [0.15, 0.2) is 35.3 Å². The quantitative estimate of drug-likeness (QED) is 0.621. The fraction of sp³-hybridized carbons (Fsp3) is 0. The van der Waals surface area contributed by atoms with E-state index in [4.69, 9.17) is 12.2 Å². The van der Waals surface area contributed by atoms with Gasteiger partial charge in [-0.3, -0.25) is 4.99 Å². The molecule has 2 aromatic rings. The van der Waals surface area contributed by atoms with Crippen molar-refractivity contribution in [1.82, 2.24) is 4.98 Å². The minimum absolute atomic E-state index is 0.0738. The Morgan fingerprint density at radius 2 is 2.07 bits per heavy atom. The van der Waals surface area contributed by atoms with Gasteiger partial charge in [0, 0.05) is 0 Å². The highest BCUT2D eigenvalue weighted by molar-refractivity contribution is 7.73. The predicted molar refractivity (Wildman–Crippen MR) is 64.9 cm³/mol. The number of aliphatic imine (C=N–C) groups is 1. The van der Waals surface area contributed by atoms with Gasteiger partial charge in [0.1, 0.15) is 4.88 Å². The van der Waals surface area contributed by atoms with Crippen molar-refractivity contribution < 1.29 is 5.11 Å². The molecule has 0 aliphatic heterocycles. The summed E-state index contributed by atoms with van der Waals surface area (Å²) in [6, 6.07) is 9.52. The van der Waals surface area contributed by atoms with Crippen molar-refractivity contribution in [2.45, 2.75) is 0 Å². The summed E-state index contributed by atoms with van der Waals surface area (Å²) in [6.07, 6.45) is 1.60. The van der Waals surface area contributed by atoms with Gasteiger partial charge in [-0.1, -0.05) is 29.5 Å². The third kappa shape index (κ3) is 2.51. The molecule has 0 atom stereocenters. The second kappa shape index (κ2) is 4.37. The summed E-state index contributed by atoms with van der Waals surface area (Å²) in [5.74, 6) is 0.0738. The topological polar surface area (TPSA) is 48.4 Å². The van der Waals surface area contributed by atoms with Crippen molar-refractivity contribution in [1.29, 1.82) is 0 Å². The minimum Gasteiger partial charge on any atom is -0.494 e. The average Bonchev–Trinajstić information content (AvgIpc) is 2.56. The summed E-state index contributed by atoms with van der Waals surface area (Å²) < 4.78 is 0.544. The Labute approximate surface area is 95.8 Å². The van der Waals surface area contributed by atoms with E-state index < -0.39 is 0 Å². The number of rotatable bonds is 2. The maximum atomic E-state index is 9.41. The zero-order valence-electron chi connectivity index (χ0n) is 7.68. The molecule has 5 heteroatoms. The number of aromatic amines is 1. The normalized spacial score (nSPS) is 10.9. The minimum atomic E-state index is 0.0738. The second-order valence-corrected chi connectivity index (χ2v) is 4.54. The molecule has 0 amide bonds. The van der Waals surface area contributed by atoms with Gasteiger partial charge in [0.05, 0.1) is 11.9 Å². The number of thiazole rings is 1. The van der Waals surface area contributed by atoms with E-state index in [0.717, 1.165) is 5.69 Å². The SMILES string of the molecule is Oc1[nH]c(=S)sc1C=Nc1ccccc1. The smallest absolute Gasteiger partial charge is 0.209 e. The van der Waals surface area contributed by atoms with Gasteiger partial charge in [-0.2, -0.15) is 0 Å². The predicted octanol–water partition coefficient (Wildman–Crippen LogP) is 3.26. The van der Waals surface area contributed by atoms with Crippen LogP contribution in [0.3, 0.4) is 0 Å². The molecule has 1 aromatic heterocycles. The lowest BCUT2D eigenvalue weighted by Crippen LogP contribution is -1.74. The monoisotopic (exact) mass is 236 g/mol. The Balaban J connectivity index is 2.26.